The zero-order chi connectivity index (χ0) is 14.1. The van der Waals surface area contributed by atoms with Gasteiger partial charge < -0.3 is 5.73 Å². The average Bonchev–Trinajstić information content (AvgIpc) is 2.48. The highest BCUT2D eigenvalue weighted by Crippen LogP contribution is 2.26. The van der Waals surface area contributed by atoms with E-state index in [0.29, 0.717) is 6.54 Å². The van der Waals surface area contributed by atoms with Crippen LogP contribution in [0.1, 0.15) is 16.8 Å². The minimum absolute atomic E-state index is 0.448. The third-order valence-corrected chi connectivity index (χ3v) is 3.56. The van der Waals surface area contributed by atoms with Gasteiger partial charge >= 0.3 is 0 Å². The van der Waals surface area contributed by atoms with E-state index in [1.54, 1.807) is 6.33 Å². The fraction of sp³-hybridized carbons (Fsp3) is 0.188. The first-order valence-electron chi connectivity index (χ1n) is 6.56. The standard InChI is InChI=1S/C16H16N4/c1-10-5-14-15(6-11(10)2)19-9-20-16(14)12-3-4-13(7-17)18-8-12/h3-6,8-9H,7,17H2,1-2H3. The Bertz CT molecular complexity index is 763. The van der Waals surface area contributed by atoms with Crippen molar-refractivity contribution in [2.24, 2.45) is 5.73 Å². The number of hydrogen-bond donors (Lipinski definition) is 1. The Kier molecular flexibility index (Phi) is 3.16. The number of fused-ring (bicyclic) bond motifs is 1. The van der Waals surface area contributed by atoms with Crippen molar-refractivity contribution in [1.29, 1.82) is 0 Å². The van der Waals surface area contributed by atoms with Crippen LogP contribution in [0.3, 0.4) is 0 Å². The fourth-order valence-corrected chi connectivity index (χ4v) is 2.23. The number of aryl methyl sites for hydroxylation is 2. The van der Waals surface area contributed by atoms with Crippen molar-refractivity contribution in [3.05, 3.63) is 53.6 Å². The zero-order valence-corrected chi connectivity index (χ0v) is 11.6. The lowest BCUT2D eigenvalue weighted by atomic mass is 10.0. The van der Waals surface area contributed by atoms with Crippen LogP contribution >= 0.6 is 0 Å². The van der Waals surface area contributed by atoms with Crippen molar-refractivity contribution in [2.45, 2.75) is 20.4 Å². The number of nitrogens with two attached hydrogens (primary N) is 1. The topological polar surface area (TPSA) is 64.7 Å². The molecule has 3 aromatic rings. The van der Waals surface area contributed by atoms with Gasteiger partial charge in [-0.2, -0.15) is 0 Å². The van der Waals surface area contributed by atoms with E-state index in [2.05, 4.69) is 40.9 Å². The average molecular weight is 264 g/mol. The van der Waals surface area contributed by atoms with Crippen molar-refractivity contribution in [1.82, 2.24) is 15.0 Å². The van der Waals surface area contributed by atoms with E-state index in [4.69, 9.17) is 5.73 Å². The van der Waals surface area contributed by atoms with E-state index in [1.165, 1.54) is 11.1 Å². The van der Waals surface area contributed by atoms with Crippen molar-refractivity contribution in [3.63, 3.8) is 0 Å². The second-order valence-electron chi connectivity index (χ2n) is 4.92. The van der Waals surface area contributed by atoms with Crippen LogP contribution in [0, 0.1) is 13.8 Å². The lowest BCUT2D eigenvalue weighted by Crippen LogP contribution is -1.99. The number of benzene rings is 1. The fourth-order valence-electron chi connectivity index (χ4n) is 2.23. The number of pyridine rings is 1. The van der Waals surface area contributed by atoms with Gasteiger partial charge in [-0.25, -0.2) is 9.97 Å². The minimum Gasteiger partial charge on any atom is -0.325 e. The molecule has 0 saturated carbocycles. The molecule has 0 saturated heterocycles. The SMILES string of the molecule is Cc1cc2ncnc(-c3ccc(CN)nc3)c2cc1C. The van der Waals surface area contributed by atoms with Gasteiger partial charge in [-0.3, -0.25) is 4.98 Å². The molecule has 0 radical (unpaired) electrons. The molecule has 2 heterocycles. The van der Waals surface area contributed by atoms with Crippen LogP contribution in [0.15, 0.2) is 36.8 Å². The highest BCUT2D eigenvalue weighted by molar-refractivity contribution is 5.92. The molecule has 0 spiro atoms. The van der Waals surface area contributed by atoms with Crippen LogP contribution < -0.4 is 5.73 Å². The number of aromatic nitrogens is 3. The summed E-state index contributed by atoms with van der Waals surface area (Å²) < 4.78 is 0. The van der Waals surface area contributed by atoms with E-state index in [1.807, 2.05) is 18.3 Å². The monoisotopic (exact) mass is 264 g/mol. The molecule has 1 aromatic carbocycles. The van der Waals surface area contributed by atoms with E-state index in [0.717, 1.165) is 27.9 Å². The molecular weight excluding hydrogens is 248 g/mol. The summed E-state index contributed by atoms with van der Waals surface area (Å²) >= 11 is 0. The highest BCUT2D eigenvalue weighted by Gasteiger charge is 2.08. The maximum Gasteiger partial charge on any atom is 0.116 e. The molecule has 0 fully saturated rings. The van der Waals surface area contributed by atoms with Crippen LogP contribution in [0.5, 0.6) is 0 Å². The van der Waals surface area contributed by atoms with Gasteiger partial charge in [0.1, 0.15) is 6.33 Å². The molecule has 0 unspecified atom stereocenters. The van der Waals surface area contributed by atoms with Gasteiger partial charge in [-0.15, -0.1) is 0 Å². The first-order valence-corrected chi connectivity index (χ1v) is 6.56. The van der Waals surface area contributed by atoms with Crippen LogP contribution in [0.25, 0.3) is 22.2 Å². The summed E-state index contributed by atoms with van der Waals surface area (Å²) in [7, 11) is 0. The molecule has 0 aliphatic rings. The molecule has 0 aliphatic carbocycles. The Balaban J connectivity index is 2.22. The van der Waals surface area contributed by atoms with Crippen molar-refractivity contribution < 1.29 is 0 Å². The molecule has 0 aliphatic heterocycles. The lowest BCUT2D eigenvalue weighted by Gasteiger charge is -2.08. The second kappa shape index (κ2) is 4.98. The summed E-state index contributed by atoms with van der Waals surface area (Å²) in [5, 5.41) is 1.05. The molecule has 2 aromatic heterocycles. The van der Waals surface area contributed by atoms with Gasteiger partial charge in [0.05, 0.1) is 16.9 Å². The normalized spacial score (nSPS) is 10.9. The van der Waals surface area contributed by atoms with Crippen molar-refractivity contribution >= 4 is 10.9 Å². The van der Waals surface area contributed by atoms with E-state index >= 15 is 0 Å². The van der Waals surface area contributed by atoms with Crippen molar-refractivity contribution in [3.8, 4) is 11.3 Å². The summed E-state index contributed by atoms with van der Waals surface area (Å²) in [5.41, 5.74) is 11.8. The van der Waals surface area contributed by atoms with Gasteiger partial charge in [0.2, 0.25) is 0 Å². The van der Waals surface area contributed by atoms with Crippen molar-refractivity contribution in [2.75, 3.05) is 0 Å². The molecule has 4 nitrogen and oxygen atoms in total. The van der Waals surface area contributed by atoms with E-state index < -0.39 is 0 Å². The summed E-state index contributed by atoms with van der Waals surface area (Å²) in [6.07, 6.45) is 3.42. The largest absolute Gasteiger partial charge is 0.325 e. The Morgan fingerprint density at radius 1 is 1.00 bits per heavy atom. The van der Waals surface area contributed by atoms with Gasteiger partial charge in [0, 0.05) is 23.7 Å². The third kappa shape index (κ3) is 2.14. The Morgan fingerprint density at radius 3 is 2.50 bits per heavy atom. The van der Waals surface area contributed by atoms with Crippen LogP contribution in [0.4, 0.5) is 0 Å². The number of hydrogen-bond acceptors (Lipinski definition) is 4. The van der Waals surface area contributed by atoms with Crippen LogP contribution in [-0.2, 0) is 6.54 Å². The summed E-state index contributed by atoms with van der Waals surface area (Å²) in [6.45, 7) is 4.64. The molecule has 0 atom stereocenters. The second-order valence-corrected chi connectivity index (χ2v) is 4.92. The maximum atomic E-state index is 5.58. The maximum absolute atomic E-state index is 5.58. The molecule has 4 heteroatoms. The smallest absolute Gasteiger partial charge is 0.116 e. The predicted octanol–water partition coefficient (Wildman–Crippen LogP) is 2.77. The molecule has 0 bridgehead atoms. The van der Waals surface area contributed by atoms with Gasteiger partial charge in [-0.05, 0) is 49.2 Å². The summed E-state index contributed by atoms with van der Waals surface area (Å²) in [5.74, 6) is 0. The van der Waals surface area contributed by atoms with Crippen LogP contribution in [-0.4, -0.2) is 15.0 Å². The van der Waals surface area contributed by atoms with E-state index in [9.17, 15) is 0 Å². The molecular formula is C16H16N4. The minimum atomic E-state index is 0.448. The summed E-state index contributed by atoms with van der Waals surface area (Å²) in [4.78, 5) is 13.1. The molecule has 2 N–H and O–H groups in total. The van der Waals surface area contributed by atoms with Gasteiger partial charge in [0.15, 0.2) is 0 Å². The Hall–Kier alpha value is -2.33. The third-order valence-electron chi connectivity index (χ3n) is 3.56. The molecule has 20 heavy (non-hydrogen) atoms. The molecule has 0 amide bonds. The number of nitrogens with zero attached hydrogens (tertiary/aromatic N) is 3. The lowest BCUT2D eigenvalue weighted by molar-refractivity contribution is 0.991. The van der Waals surface area contributed by atoms with E-state index in [-0.39, 0.29) is 0 Å². The predicted molar refractivity (Wildman–Crippen MR) is 80.1 cm³/mol. The molecule has 3 rings (SSSR count). The van der Waals surface area contributed by atoms with Gasteiger partial charge in [-0.1, -0.05) is 0 Å². The summed E-state index contributed by atoms with van der Waals surface area (Å²) in [6, 6.07) is 8.17. The quantitative estimate of drug-likeness (QED) is 0.773. The first-order chi connectivity index (χ1) is 9.69. The highest BCUT2D eigenvalue weighted by atomic mass is 14.8. The number of rotatable bonds is 2. The Morgan fingerprint density at radius 2 is 1.80 bits per heavy atom. The zero-order valence-electron chi connectivity index (χ0n) is 11.6. The van der Waals surface area contributed by atoms with Gasteiger partial charge in [0.25, 0.3) is 0 Å². The van der Waals surface area contributed by atoms with Crippen LogP contribution in [0.2, 0.25) is 0 Å². The molecule has 100 valence electrons. The first kappa shape index (κ1) is 12.7. The Labute approximate surface area is 117 Å².